The Balaban J connectivity index is 1.87. The first-order valence-corrected chi connectivity index (χ1v) is 9.17. The predicted octanol–water partition coefficient (Wildman–Crippen LogP) is 2.84. The largest absolute Gasteiger partial charge is 0.294 e. The van der Waals surface area contributed by atoms with Gasteiger partial charge < -0.3 is 0 Å². The van der Waals surface area contributed by atoms with Gasteiger partial charge in [0, 0.05) is 24.6 Å². The average molecular weight is 307 g/mol. The molecule has 1 saturated carbocycles. The summed E-state index contributed by atoms with van der Waals surface area (Å²) >= 11 is 0. The average Bonchev–Trinajstić information content (AvgIpc) is 3.33. The molecule has 2 fully saturated rings. The third-order valence-electron chi connectivity index (χ3n) is 4.27. The van der Waals surface area contributed by atoms with Gasteiger partial charge in [0.1, 0.15) is 0 Å². The molecule has 3 rings (SSSR count). The molecule has 0 aromatic heterocycles. The Morgan fingerprint density at radius 2 is 1.71 bits per heavy atom. The van der Waals surface area contributed by atoms with Gasteiger partial charge >= 0.3 is 0 Å². The summed E-state index contributed by atoms with van der Waals surface area (Å²) in [6.07, 6.45) is 5.88. The van der Waals surface area contributed by atoms with Crippen LogP contribution in [0.3, 0.4) is 0 Å². The third-order valence-corrected chi connectivity index (χ3v) is 6.16. The van der Waals surface area contributed by atoms with Crippen LogP contribution in [0.1, 0.15) is 48.9 Å². The van der Waals surface area contributed by atoms with E-state index in [0.29, 0.717) is 18.7 Å². The number of hydrogen-bond acceptors (Lipinski definition) is 3. The maximum Gasteiger partial charge on any atom is 0.243 e. The fourth-order valence-electron chi connectivity index (χ4n) is 2.82. The first kappa shape index (κ1) is 14.7. The molecule has 0 radical (unpaired) electrons. The molecule has 1 aliphatic carbocycles. The standard InChI is InChI=1S/C16H21NO3S/c18-16(13-8-9-13)14-6-5-7-15(12-14)21(19,20)17-10-3-1-2-4-11-17/h5-7,12-13H,1-4,8-11H2. The second kappa shape index (κ2) is 5.89. The van der Waals surface area contributed by atoms with Crippen molar-refractivity contribution in [3.8, 4) is 0 Å². The first-order chi connectivity index (χ1) is 10.1. The number of sulfonamides is 1. The van der Waals surface area contributed by atoms with Gasteiger partial charge in [0.15, 0.2) is 5.78 Å². The normalized spacial score (nSPS) is 21.0. The van der Waals surface area contributed by atoms with E-state index < -0.39 is 10.0 Å². The summed E-state index contributed by atoms with van der Waals surface area (Å²) in [5, 5.41) is 0. The second-order valence-corrected chi connectivity index (χ2v) is 7.92. The van der Waals surface area contributed by atoms with Gasteiger partial charge in [0.25, 0.3) is 0 Å². The Labute approximate surface area is 126 Å². The summed E-state index contributed by atoms with van der Waals surface area (Å²) < 4.78 is 27.0. The number of Topliss-reactive ketones (excluding diaryl/α,β-unsaturated/α-hetero) is 1. The summed E-state index contributed by atoms with van der Waals surface area (Å²) in [4.78, 5) is 12.4. The number of ketones is 1. The van der Waals surface area contributed by atoms with Gasteiger partial charge in [0.05, 0.1) is 4.90 Å². The van der Waals surface area contributed by atoms with Gasteiger partial charge in [-0.05, 0) is 37.8 Å². The molecule has 1 aliphatic heterocycles. The maximum absolute atomic E-state index is 12.7. The summed E-state index contributed by atoms with van der Waals surface area (Å²) in [6.45, 7) is 1.17. The number of rotatable bonds is 4. The molecule has 1 heterocycles. The van der Waals surface area contributed by atoms with Crippen molar-refractivity contribution in [2.75, 3.05) is 13.1 Å². The number of nitrogens with zero attached hydrogens (tertiary/aromatic N) is 1. The minimum atomic E-state index is -3.47. The highest BCUT2D eigenvalue weighted by Gasteiger charge is 2.31. The van der Waals surface area contributed by atoms with E-state index >= 15 is 0 Å². The van der Waals surface area contributed by atoms with Crippen LogP contribution in [0.15, 0.2) is 29.2 Å². The van der Waals surface area contributed by atoms with Crippen LogP contribution < -0.4 is 0 Å². The highest BCUT2D eigenvalue weighted by molar-refractivity contribution is 7.89. The van der Waals surface area contributed by atoms with E-state index in [1.54, 1.807) is 28.6 Å². The van der Waals surface area contributed by atoms with Crippen LogP contribution in [0.25, 0.3) is 0 Å². The highest BCUT2D eigenvalue weighted by Crippen LogP contribution is 2.33. The van der Waals surface area contributed by atoms with E-state index in [1.807, 2.05) is 0 Å². The Kier molecular flexibility index (Phi) is 4.13. The molecule has 1 aromatic carbocycles. The molecule has 0 spiro atoms. The molecular weight excluding hydrogens is 286 g/mol. The Bertz CT molecular complexity index is 627. The molecule has 1 aromatic rings. The van der Waals surface area contributed by atoms with Crippen LogP contribution in [0.4, 0.5) is 0 Å². The molecule has 0 bridgehead atoms. The van der Waals surface area contributed by atoms with Gasteiger partial charge in [0.2, 0.25) is 10.0 Å². The Hall–Kier alpha value is -1.20. The van der Waals surface area contributed by atoms with Gasteiger partial charge in [-0.3, -0.25) is 4.79 Å². The van der Waals surface area contributed by atoms with Crippen LogP contribution in [0.2, 0.25) is 0 Å². The van der Waals surface area contributed by atoms with Crippen LogP contribution in [0, 0.1) is 5.92 Å². The monoisotopic (exact) mass is 307 g/mol. The summed E-state index contributed by atoms with van der Waals surface area (Å²) in [7, 11) is -3.47. The van der Waals surface area contributed by atoms with Crippen molar-refractivity contribution in [3.05, 3.63) is 29.8 Å². The lowest BCUT2D eigenvalue weighted by molar-refractivity contribution is 0.0967. The number of carbonyl (C=O) groups is 1. The van der Waals surface area contributed by atoms with Crippen molar-refractivity contribution in [1.29, 1.82) is 0 Å². The molecule has 1 saturated heterocycles. The topological polar surface area (TPSA) is 54.5 Å². The van der Waals surface area contributed by atoms with Gasteiger partial charge in [-0.15, -0.1) is 0 Å². The molecule has 114 valence electrons. The molecule has 0 amide bonds. The number of carbonyl (C=O) groups excluding carboxylic acids is 1. The van der Waals surface area contributed by atoms with Gasteiger partial charge in [-0.2, -0.15) is 4.31 Å². The number of hydrogen-bond donors (Lipinski definition) is 0. The lowest BCUT2D eigenvalue weighted by Gasteiger charge is -2.20. The van der Waals surface area contributed by atoms with Crippen molar-refractivity contribution in [1.82, 2.24) is 4.31 Å². The van der Waals surface area contributed by atoms with E-state index in [4.69, 9.17) is 0 Å². The van der Waals surface area contributed by atoms with Crippen molar-refractivity contribution < 1.29 is 13.2 Å². The zero-order valence-electron chi connectivity index (χ0n) is 12.1. The molecule has 0 unspecified atom stereocenters. The molecule has 0 atom stereocenters. The van der Waals surface area contributed by atoms with E-state index in [9.17, 15) is 13.2 Å². The van der Waals surface area contributed by atoms with Gasteiger partial charge in [-0.1, -0.05) is 25.0 Å². The smallest absolute Gasteiger partial charge is 0.243 e. The lowest BCUT2D eigenvalue weighted by Crippen LogP contribution is -2.32. The fraction of sp³-hybridized carbons (Fsp3) is 0.562. The second-order valence-electron chi connectivity index (χ2n) is 5.98. The van der Waals surface area contributed by atoms with E-state index in [1.165, 1.54) is 0 Å². The zero-order chi connectivity index (χ0) is 14.9. The molecule has 0 N–H and O–H groups in total. The van der Waals surface area contributed by atoms with Crippen LogP contribution in [-0.4, -0.2) is 31.6 Å². The quantitative estimate of drug-likeness (QED) is 0.804. The predicted molar refractivity (Wildman–Crippen MR) is 80.7 cm³/mol. The lowest BCUT2D eigenvalue weighted by atomic mass is 10.1. The first-order valence-electron chi connectivity index (χ1n) is 7.73. The number of benzene rings is 1. The van der Waals surface area contributed by atoms with Crippen molar-refractivity contribution in [2.24, 2.45) is 5.92 Å². The van der Waals surface area contributed by atoms with Gasteiger partial charge in [-0.25, -0.2) is 8.42 Å². The minimum absolute atomic E-state index is 0.0860. The third kappa shape index (κ3) is 3.19. The highest BCUT2D eigenvalue weighted by atomic mass is 32.2. The van der Waals surface area contributed by atoms with Crippen LogP contribution in [0.5, 0.6) is 0 Å². The van der Waals surface area contributed by atoms with E-state index in [2.05, 4.69) is 0 Å². The minimum Gasteiger partial charge on any atom is -0.294 e. The van der Waals surface area contributed by atoms with Crippen molar-refractivity contribution in [3.63, 3.8) is 0 Å². The summed E-state index contributed by atoms with van der Waals surface area (Å²) in [5.41, 5.74) is 0.536. The Morgan fingerprint density at radius 3 is 2.33 bits per heavy atom. The SMILES string of the molecule is O=C(c1cccc(S(=O)(=O)N2CCCCCC2)c1)C1CC1. The molecule has 5 heteroatoms. The summed E-state index contributed by atoms with van der Waals surface area (Å²) in [5.74, 6) is 0.198. The molecule has 21 heavy (non-hydrogen) atoms. The van der Waals surface area contributed by atoms with Crippen molar-refractivity contribution in [2.45, 2.75) is 43.4 Å². The van der Waals surface area contributed by atoms with Crippen LogP contribution >= 0.6 is 0 Å². The van der Waals surface area contributed by atoms with Crippen molar-refractivity contribution >= 4 is 15.8 Å². The molecule has 4 nitrogen and oxygen atoms in total. The zero-order valence-corrected chi connectivity index (χ0v) is 12.9. The van der Waals surface area contributed by atoms with Crippen LogP contribution in [-0.2, 0) is 10.0 Å². The van der Waals surface area contributed by atoms with E-state index in [0.717, 1.165) is 38.5 Å². The fourth-order valence-corrected chi connectivity index (χ4v) is 4.39. The molecular formula is C16H21NO3S. The van der Waals surface area contributed by atoms with E-state index in [-0.39, 0.29) is 16.6 Å². The summed E-state index contributed by atoms with van der Waals surface area (Å²) in [6, 6.07) is 6.56. The maximum atomic E-state index is 12.7. The molecule has 2 aliphatic rings. The Morgan fingerprint density at radius 1 is 1.05 bits per heavy atom.